The molecule has 0 bridgehead atoms. The summed E-state index contributed by atoms with van der Waals surface area (Å²) in [5, 5.41) is 6.31. The third-order valence-corrected chi connectivity index (χ3v) is 4.52. The highest BCUT2D eigenvalue weighted by atomic mass is 19.4. The van der Waals surface area contributed by atoms with Gasteiger partial charge in [0.1, 0.15) is 0 Å². The van der Waals surface area contributed by atoms with Crippen molar-refractivity contribution >= 4 is 5.91 Å². The van der Waals surface area contributed by atoms with Crippen LogP contribution in [0.4, 0.5) is 13.2 Å². The summed E-state index contributed by atoms with van der Waals surface area (Å²) >= 11 is 0. The Kier molecular flexibility index (Phi) is 5.53. The number of nitrogens with zero attached hydrogens (tertiary/aromatic N) is 2. The summed E-state index contributed by atoms with van der Waals surface area (Å²) in [6, 6.07) is 16.9. The van der Waals surface area contributed by atoms with Crippen LogP contribution in [0.5, 0.6) is 0 Å². The summed E-state index contributed by atoms with van der Waals surface area (Å²) in [6.07, 6.45) is -3.69. The first kappa shape index (κ1) is 19.7. The van der Waals surface area contributed by atoms with E-state index < -0.39 is 29.4 Å². The van der Waals surface area contributed by atoms with E-state index in [-0.39, 0.29) is 6.54 Å². The van der Waals surface area contributed by atoms with Gasteiger partial charge in [0, 0.05) is 6.54 Å². The Morgan fingerprint density at radius 2 is 1.68 bits per heavy atom. The van der Waals surface area contributed by atoms with E-state index >= 15 is 0 Å². The van der Waals surface area contributed by atoms with E-state index in [4.69, 9.17) is 0 Å². The second kappa shape index (κ2) is 7.88. The Bertz CT molecular complexity index is 947. The maximum atomic E-state index is 13.3. The average Bonchev–Trinajstić information content (AvgIpc) is 3.14. The molecule has 3 aromatic rings. The zero-order valence-electron chi connectivity index (χ0n) is 15.5. The van der Waals surface area contributed by atoms with Crippen molar-refractivity contribution in [2.75, 3.05) is 0 Å². The summed E-state index contributed by atoms with van der Waals surface area (Å²) in [5.74, 6) is -0.799. The molecule has 0 saturated heterocycles. The number of alkyl halides is 3. The van der Waals surface area contributed by atoms with Crippen LogP contribution in [0.3, 0.4) is 0 Å². The minimum absolute atomic E-state index is 0.0264. The molecular formula is C21H20F3N3O. The van der Waals surface area contributed by atoms with Crippen LogP contribution in [-0.4, -0.2) is 15.7 Å². The molecule has 1 N–H and O–H groups in total. The van der Waals surface area contributed by atoms with E-state index in [0.717, 1.165) is 27.6 Å². The average molecular weight is 387 g/mol. The molecule has 0 saturated carbocycles. The summed E-state index contributed by atoms with van der Waals surface area (Å²) in [7, 11) is 0. The fourth-order valence-corrected chi connectivity index (χ4v) is 3.04. The summed E-state index contributed by atoms with van der Waals surface area (Å²) in [5.41, 5.74) is 1.38. The standard InChI is InChI=1S/C21H20F3N3O/c1-3-27-19(21(22,23)24)18(13-25-27)20(28)26-14(2)15-9-11-17(12-10-15)16-7-5-4-6-8-16/h4-14H,3H2,1-2H3,(H,26,28). The predicted molar refractivity (Wildman–Crippen MR) is 101 cm³/mol. The number of amides is 1. The van der Waals surface area contributed by atoms with Gasteiger partial charge in [0.2, 0.25) is 0 Å². The lowest BCUT2D eigenvalue weighted by Crippen LogP contribution is -2.29. The lowest BCUT2D eigenvalue weighted by atomic mass is 10.0. The Morgan fingerprint density at radius 3 is 2.25 bits per heavy atom. The van der Waals surface area contributed by atoms with Crippen molar-refractivity contribution in [2.24, 2.45) is 0 Å². The van der Waals surface area contributed by atoms with Crippen molar-refractivity contribution in [3.8, 4) is 11.1 Å². The number of aryl methyl sites for hydroxylation is 1. The molecule has 0 spiro atoms. The molecule has 146 valence electrons. The Balaban J connectivity index is 1.77. The van der Waals surface area contributed by atoms with Gasteiger partial charge in [-0.1, -0.05) is 54.6 Å². The normalized spacial score (nSPS) is 12.6. The Hall–Kier alpha value is -3.09. The van der Waals surface area contributed by atoms with Gasteiger partial charge in [0.05, 0.1) is 17.8 Å². The van der Waals surface area contributed by atoms with Crippen LogP contribution >= 0.6 is 0 Å². The molecule has 0 aliphatic heterocycles. The molecule has 1 atom stereocenters. The fraction of sp³-hybridized carbons (Fsp3) is 0.238. The molecule has 0 fully saturated rings. The Labute approximate surface area is 161 Å². The number of carbonyl (C=O) groups excluding carboxylic acids is 1. The van der Waals surface area contributed by atoms with Crippen molar-refractivity contribution in [1.29, 1.82) is 0 Å². The molecule has 0 aliphatic rings. The van der Waals surface area contributed by atoms with E-state index in [0.29, 0.717) is 0 Å². The molecule has 0 radical (unpaired) electrons. The van der Waals surface area contributed by atoms with Gasteiger partial charge in [-0.3, -0.25) is 9.48 Å². The third kappa shape index (κ3) is 4.08. The molecule has 1 unspecified atom stereocenters. The third-order valence-electron chi connectivity index (χ3n) is 4.52. The van der Waals surface area contributed by atoms with Crippen LogP contribution in [0.2, 0.25) is 0 Å². The number of hydrogen-bond donors (Lipinski definition) is 1. The van der Waals surface area contributed by atoms with Crippen molar-refractivity contribution in [3.05, 3.63) is 77.6 Å². The van der Waals surface area contributed by atoms with Crippen LogP contribution in [0.15, 0.2) is 60.8 Å². The van der Waals surface area contributed by atoms with Gasteiger partial charge >= 0.3 is 6.18 Å². The van der Waals surface area contributed by atoms with E-state index in [1.165, 1.54) is 0 Å². The van der Waals surface area contributed by atoms with E-state index in [9.17, 15) is 18.0 Å². The highest BCUT2D eigenvalue weighted by molar-refractivity contribution is 5.95. The van der Waals surface area contributed by atoms with Gasteiger partial charge in [0.15, 0.2) is 5.69 Å². The number of carbonyl (C=O) groups is 1. The molecular weight excluding hydrogens is 367 g/mol. The number of hydrogen-bond acceptors (Lipinski definition) is 2. The molecule has 0 aliphatic carbocycles. The van der Waals surface area contributed by atoms with Crippen molar-refractivity contribution in [2.45, 2.75) is 32.6 Å². The first-order chi connectivity index (χ1) is 13.3. The van der Waals surface area contributed by atoms with Crippen LogP contribution in [-0.2, 0) is 12.7 Å². The van der Waals surface area contributed by atoms with Gasteiger partial charge < -0.3 is 5.32 Å². The van der Waals surface area contributed by atoms with Crippen molar-refractivity contribution < 1.29 is 18.0 Å². The van der Waals surface area contributed by atoms with Gasteiger partial charge in [-0.05, 0) is 30.5 Å². The lowest BCUT2D eigenvalue weighted by Gasteiger charge is -2.16. The summed E-state index contributed by atoms with van der Waals surface area (Å²) < 4.78 is 40.7. The number of halogens is 3. The van der Waals surface area contributed by atoms with E-state index in [2.05, 4.69) is 10.4 Å². The zero-order valence-corrected chi connectivity index (χ0v) is 15.5. The van der Waals surface area contributed by atoms with Crippen LogP contribution in [0.25, 0.3) is 11.1 Å². The maximum absolute atomic E-state index is 13.3. The molecule has 1 amide bonds. The SMILES string of the molecule is CCn1ncc(C(=O)NC(C)c2ccc(-c3ccccc3)cc2)c1C(F)(F)F. The molecule has 1 heterocycles. The van der Waals surface area contributed by atoms with Gasteiger partial charge in [-0.15, -0.1) is 0 Å². The maximum Gasteiger partial charge on any atom is 0.433 e. The largest absolute Gasteiger partial charge is 0.433 e. The number of nitrogens with one attached hydrogen (secondary N) is 1. The smallest absolute Gasteiger partial charge is 0.345 e. The van der Waals surface area contributed by atoms with E-state index in [1.54, 1.807) is 13.8 Å². The van der Waals surface area contributed by atoms with Gasteiger partial charge in [-0.2, -0.15) is 18.3 Å². The van der Waals surface area contributed by atoms with Gasteiger partial charge in [-0.25, -0.2) is 0 Å². The first-order valence-corrected chi connectivity index (χ1v) is 8.90. The monoisotopic (exact) mass is 387 g/mol. The molecule has 4 nitrogen and oxygen atoms in total. The van der Waals surface area contributed by atoms with Crippen LogP contribution in [0, 0.1) is 0 Å². The molecule has 1 aromatic heterocycles. The highest BCUT2D eigenvalue weighted by Crippen LogP contribution is 2.32. The second-order valence-corrected chi connectivity index (χ2v) is 6.40. The molecule has 3 rings (SSSR count). The van der Waals surface area contributed by atoms with Crippen LogP contribution in [0.1, 0.15) is 41.5 Å². The zero-order chi connectivity index (χ0) is 20.3. The number of aromatic nitrogens is 2. The van der Waals surface area contributed by atoms with Gasteiger partial charge in [0.25, 0.3) is 5.91 Å². The highest BCUT2D eigenvalue weighted by Gasteiger charge is 2.39. The van der Waals surface area contributed by atoms with E-state index in [1.807, 2.05) is 54.6 Å². The minimum atomic E-state index is -4.65. The topological polar surface area (TPSA) is 46.9 Å². The molecule has 7 heteroatoms. The fourth-order valence-electron chi connectivity index (χ4n) is 3.04. The quantitative estimate of drug-likeness (QED) is 0.664. The number of rotatable bonds is 5. The summed E-state index contributed by atoms with van der Waals surface area (Å²) in [4.78, 5) is 12.4. The predicted octanol–water partition coefficient (Wildman–Crippen LogP) is 5.08. The lowest BCUT2D eigenvalue weighted by molar-refractivity contribution is -0.144. The Morgan fingerprint density at radius 1 is 1.07 bits per heavy atom. The first-order valence-electron chi connectivity index (χ1n) is 8.90. The second-order valence-electron chi connectivity index (χ2n) is 6.40. The molecule has 2 aromatic carbocycles. The van der Waals surface area contributed by atoms with Crippen molar-refractivity contribution in [3.63, 3.8) is 0 Å². The molecule has 28 heavy (non-hydrogen) atoms. The number of benzene rings is 2. The van der Waals surface area contributed by atoms with Crippen LogP contribution < -0.4 is 5.32 Å². The summed E-state index contributed by atoms with van der Waals surface area (Å²) in [6.45, 7) is 3.30. The van der Waals surface area contributed by atoms with Crippen molar-refractivity contribution in [1.82, 2.24) is 15.1 Å². The minimum Gasteiger partial charge on any atom is -0.345 e.